The van der Waals surface area contributed by atoms with Gasteiger partial charge in [0.1, 0.15) is 0 Å². The van der Waals surface area contributed by atoms with Crippen LogP contribution in [0.15, 0.2) is 30.3 Å². The quantitative estimate of drug-likeness (QED) is 0.783. The molecule has 2 unspecified atom stereocenters. The van der Waals surface area contributed by atoms with Gasteiger partial charge in [-0.2, -0.15) is 0 Å². The van der Waals surface area contributed by atoms with Crippen molar-refractivity contribution in [2.75, 3.05) is 52.4 Å². The molecule has 2 aliphatic heterocycles. The topological polar surface area (TPSA) is 26.8 Å². The maximum absolute atomic E-state index is 12.6. The highest BCUT2D eigenvalue weighted by atomic mass is 16.2. The molecule has 1 aromatic rings. The van der Waals surface area contributed by atoms with Crippen molar-refractivity contribution >= 4 is 5.91 Å². The molecule has 1 amide bonds. The van der Waals surface area contributed by atoms with Crippen molar-refractivity contribution < 1.29 is 4.79 Å². The summed E-state index contributed by atoms with van der Waals surface area (Å²) in [6.45, 7) is 12.4. The molecule has 0 bridgehead atoms. The molecule has 2 atom stereocenters. The second kappa shape index (κ2) is 9.52. The fraction of sp³-hybridized carbons (Fsp3) is 0.682. The third kappa shape index (κ3) is 5.82. The number of piperazine rings is 1. The Morgan fingerprint density at radius 1 is 0.962 bits per heavy atom. The molecule has 144 valence electrons. The summed E-state index contributed by atoms with van der Waals surface area (Å²) >= 11 is 0. The third-order valence-corrected chi connectivity index (χ3v) is 5.83. The normalized spacial score (nSPS) is 25.4. The number of aryl methyl sites for hydroxylation is 1. The molecule has 0 N–H and O–H groups in total. The lowest BCUT2D eigenvalue weighted by Crippen LogP contribution is -2.52. The van der Waals surface area contributed by atoms with Crippen molar-refractivity contribution in [2.45, 2.75) is 33.1 Å². The van der Waals surface area contributed by atoms with Gasteiger partial charge in [0.05, 0.1) is 6.54 Å². The molecular formula is C22H35N3O. The minimum absolute atomic E-state index is 0.334. The molecule has 4 nitrogen and oxygen atoms in total. The van der Waals surface area contributed by atoms with Gasteiger partial charge in [0, 0.05) is 39.3 Å². The number of rotatable bonds is 6. The minimum atomic E-state index is 0.334. The van der Waals surface area contributed by atoms with Gasteiger partial charge in [0.2, 0.25) is 5.91 Å². The Labute approximate surface area is 159 Å². The average Bonchev–Trinajstić information content (AvgIpc) is 2.63. The number of nitrogens with zero attached hydrogens (tertiary/aromatic N) is 3. The van der Waals surface area contributed by atoms with Crippen LogP contribution in [-0.2, 0) is 11.2 Å². The summed E-state index contributed by atoms with van der Waals surface area (Å²) in [6, 6.07) is 10.7. The summed E-state index contributed by atoms with van der Waals surface area (Å²) in [5, 5.41) is 0. The molecule has 1 aromatic carbocycles. The van der Waals surface area contributed by atoms with Crippen LogP contribution in [0, 0.1) is 11.8 Å². The largest absolute Gasteiger partial charge is 0.341 e. The first-order chi connectivity index (χ1) is 12.6. The number of benzene rings is 1. The number of hydrogen-bond donors (Lipinski definition) is 0. The smallest absolute Gasteiger partial charge is 0.236 e. The molecule has 0 aliphatic carbocycles. The van der Waals surface area contributed by atoms with Crippen LogP contribution in [0.2, 0.25) is 0 Å². The van der Waals surface area contributed by atoms with Gasteiger partial charge in [-0.3, -0.25) is 9.69 Å². The SMILES string of the molecule is CC1CC(C)CN(C(=O)CN2CCN(CCCc3ccccc3)CC2)C1. The van der Waals surface area contributed by atoms with Gasteiger partial charge in [-0.15, -0.1) is 0 Å². The van der Waals surface area contributed by atoms with E-state index < -0.39 is 0 Å². The highest BCUT2D eigenvalue weighted by Gasteiger charge is 2.27. The van der Waals surface area contributed by atoms with Crippen LogP contribution >= 0.6 is 0 Å². The number of amides is 1. The van der Waals surface area contributed by atoms with Crippen molar-refractivity contribution in [3.63, 3.8) is 0 Å². The molecule has 3 rings (SSSR count). The van der Waals surface area contributed by atoms with E-state index in [0.29, 0.717) is 24.3 Å². The van der Waals surface area contributed by atoms with Crippen LogP contribution in [0.5, 0.6) is 0 Å². The summed E-state index contributed by atoms with van der Waals surface area (Å²) < 4.78 is 0. The lowest BCUT2D eigenvalue weighted by atomic mass is 9.92. The molecule has 2 heterocycles. The Kier molecular flexibility index (Phi) is 7.09. The Balaban J connectivity index is 1.34. The number of piperidine rings is 1. The van der Waals surface area contributed by atoms with E-state index in [4.69, 9.17) is 0 Å². The molecule has 0 aromatic heterocycles. The molecule has 26 heavy (non-hydrogen) atoms. The van der Waals surface area contributed by atoms with Crippen molar-refractivity contribution in [3.05, 3.63) is 35.9 Å². The van der Waals surface area contributed by atoms with E-state index in [1.165, 1.54) is 18.4 Å². The second-order valence-electron chi connectivity index (χ2n) is 8.45. The van der Waals surface area contributed by atoms with Crippen molar-refractivity contribution in [1.29, 1.82) is 0 Å². The zero-order valence-corrected chi connectivity index (χ0v) is 16.6. The fourth-order valence-corrected chi connectivity index (χ4v) is 4.48. The number of hydrogen-bond acceptors (Lipinski definition) is 3. The lowest BCUT2D eigenvalue weighted by molar-refractivity contribution is -0.135. The molecule has 0 spiro atoms. The Hall–Kier alpha value is -1.39. The highest BCUT2D eigenvalue weighted by Crippen LogP contribution is 2.21. The van der Waals surface area contributed by atoms with Gasteiger partial charge in [0.25, 0.3) is 0 Å². The van der Waals surface area contributed by atoms with E-state index in [-0.39, 0.29) is 0 Å². The van der Waals surface area contributed by atoms with Crippen molar-refractivity contribution in [2.24, 2.45) is 11.8 Å². The number of carbonyl (C=O) groups excluding carboxylic acids is 1. The number of carbonyl (C=O) groups is 1. The van der Waals surface area contributed by atoms with Gasteiger partial charge in [-0.05, 0) is 43.2 Å². The lowest BCUT2D eigenvalue weighted by Gasteiger charge is -2.38. The molecule has 2 fully saturated rings. The predicted octanol–water partition coefficient (Wildman–Crippen LogP) is 2.74. The van der Waals surface area contributed by atoms with Crippen molar-refractivity contribution in [3.8, 4) is 0 Å². The van der Waals surface area contributed by atoms with Crippen LogP contribution in [0.1, 0.15) is 32.3 Å². The van der Waals surface area contributed by atoms with E-state index in [9.17, 15) is 4.79 Å². The zero-order valence-electron chi connectivity index (χ0n) is 16.6. The van der Waals surface area contributed by atoms with E-state index >= 15 is 0 Å². The number of likely N-dealkylation sites (tertiary alicyclic amines) is 1. The van der Waals surface area contributed by atoms with Gasteiger partial charge in [-0.1, -0.05) is 44.2 Å². The van der Waals surface area contributed by atoms with Crippen molar-refractivity contribution in [1.82, 2.24) is 14.7 Å². The summed E-state index contributed by atoms with van der Waals surface area (Å²) in [5.74, 6) is 1.62. The maximum atomic E-state index is 12.6. The zero-order chi connectivity index (χ0) is 18.4. The monoisotopic (exact) mass is 357 g/mol. The predicted molar refractivity (Wildman–Crippen MR) is 107 cm³/mol. The van der Waals surface area contributed by atoms with Crippen LogP contribution in [0.3, 0.4) is 0 Å². The van der Waals surface area contributed by atoms with E-state index in [2.05, 4.69) is 58.9 Å². The van der Waals surface area contributed by atoms with Gasteiger partial charge in [0.15, 0.2) is 0 Å². The first kappa shape index (κ1) is 19.4. The maximum Gasteiger partial charge on any atom is 0.236 e. The summed E-state index contributed by atoms with van der Waals surface area (Å²) in [7, 11) is 0. The Bertz CT molecular complexity index is 544. The first-order valence-electron chi connectivity index (χ1n) is 10.4. The van der Waals surface area contributed by atoms with Crippen LogP contribution < -0.4 is 0 Å². The van der Waals surface area contributed by atoms with Crippen LogP contribution in [-0.4, -0.2) is 73.0 Å². The Morgan fingerprint density at radius 2 is 1.58 bits per heavy atom. The van der Waals surface area contributed by atoms with Gasteiger partial charge < -0.3 is 9.80 Å². The van der Waals surface area contributed by atoms with E-state index in [0.717, 1.165) is 52.2 Å². The van der Waals surface area contributed by atoms with Crippen LogP contribution in [0.4, 0.5) is 0 Å². The van der Waals surface area contributed by atoms with E-state index in [1.807, 2.05) is 0 Å². The molecule has 0 radical (unpaired) electrons. The van der Waals surface area contributed by atoms with Crippen LogP contribution in [0.25, 0.3) is 0 Å². The molecular weight excluding hydrogens is 322 g/mol. The summed E-state index contributed by atoms with van der Waals surface area (Å²) in [5.41, 5.74) is 1.43. The first-order valence-corrected chi connectivity index (χ1v) is 10.4. The van der Waals surface area contributed by atoms with E-state index in [1.54, 1.807) is 0 Å². The Morgan fingerprint density at radius 3 is 2.23 bits per heavy atom. The summed E-state index contributed by atoms with van der Waals surface area (Å²) in [6.07, 6.45) is 3.63. The minimum Gasteiger partial charge on any atom is -0.341 e. The van der Waals surface area contributed by atoms with Gasteiger partial charge in [-0.25, -0.2) is 0 Å². The average molecular weight is 358 g/mol. The highest BCUT2D eigenvalue weighted by molar-refractivity contribution is 5.78. The molecule has 0 saturated carbocycles. The second-order valence-corrected chi connectivity index (χ2v) is 8.45. The van der Waals surface area contributed by atoms with Gasteiger partial charge >= 0.3 is 0 Å². The standard InChI is InChI=1S/C22H35N3O/c1-19-15-20(2)17-25(16-19)22(26)18-24-13-11-23(12-14-24)10-6-9-21-7-4-3-5-8-21/h3-5,7-8,19-20H,6,9-18H2,1-2H3. The molecule has 2 aliphatic rings. The molecule has 2 saturated heterocycles. The fourth-order valence-electron chi connectivity index (χ4n) is 4.48. The summed E-state index contributed by atoms with van der Waals surface area (Å²) in [4.78, 5) is 19.6. The third-order valence-electron chi connectivity index (χ3n) is 5.83. The molecule has 4 heteroatoms.